The molecule has 1 aromatic heterocycles. The third-order valence-electron chi connectivity index (χ3n) is 2.24. The molecule has 0 amide bonds. The van der Waals surface area contributed by atoms with Gasteiger partial charge in [-0.05, 0) is 36.3 Å². The lowest BCUT2D eigenvalue weighted by Crippen LogP contribution is -1.93. The van der Waals surface area contributed by atoms with Gasteiger partial charge in [-0.3, -0.25) is 0 Å². The van der Waals surface area contributed by atoms with Gasteiger partial charge in [0.05, 0.1) is 0 Å². The molecule has 0 radical (unpaired) electrons. The minimum Gasteiger partial charge on any atom is -0.300 e. The van der Waals surface area contributed by atoms with Gasteiger partial charge in [-0.15, -0.1) is 5.10 Å². The van der Waals surface area contributed by atoms with Crippen LogP contribution in [0.4, 0.5) is 4.48 Å². The Hall–Kier alpha value is -1.78. The van der Waals surface area contributed by atoms with Gasteiger partial charge in [0.25, 0.3) is 0 Å². The highest BCUT2D eigenvalue weighted by Gasteiger charge is 2.05. The molecule has 0 saturated carbocycles. The Labute approximate surface area is 85.6 Å². The number of aromatic nitrogens is 3. The molecule has 0 aliphatic carbocycles. The summed E-state index contributed by atoms with van der Waals surface area (Å²) < 4.78 is 12.9. The van der Waals surface area contributed by atoms with Crippen LogP contribution in [0.1, 0.15) is 18.9 Å². The average molecular weight is 207 g/mol. The van der Waals surface area contributed by atoms with E-state index in [1.54, 1.807) is 25.1 Å². The zero-order chi connectivity index (χ0) is 10.8. The van der Waals surface area contributed by atoms with Crippen molar-refractivity contribution in [3.05, 3.63) is 23.8 Å². The van der Waals surface area contributed by atoms with Crippen LogP contribution in [0.5, 0.6) is 0 Å². The standard InChI is InChI=1S/C10H10FN3O/c1-7(15)2-3-8-4-5-10-9(6-8)12-13-14(10)11/h4-6H,2-3H2,1H3. The Balaban J connectivity index is 2.27. The third kappa shape index (κ3) is 2.01. The number of halogens is 1. The summed E-state index contributed by atoms with van der Waals surface area (Å²) in [6, 6.07) is 5.15. The average Bonchev–Trinajstić information content (AvgIpc) is 2.57. The van der Waals surface area contributed by atoms with E-state index in [1.807, 2.05) is 0 Å². The van der Waals surface area contributed by atoms with Gasteiger partial charge in [0.1, 0.15) is 16.8 Å². The summed E-state index contributed by atoms with van der Waals surface area (Å²) in [6.45, 7) is 1.55. The molecule has 0 unspecified atom stereocenters. The summed E-state index contributed by atoms with van der Waals surface area (Å²) >= 11 is 0. The van der Waals surface area contributed by atoms with Crippen LogP contribution in [0, 0.1) is 0 Å². The number of Topliss-reactive ketones (excluding diaryl/α,β-unsaturated/α-hetero) is 1. The second kappa shape index (κ2) is 3.76. The van der Waals surface area contributed by atoms with Crippen molar-refractivity contribution in [1.82, 2.24) is 15.2 Å². The second-order valence-corrected chi connectivity index (χ2v) is 3.47. The van der Waals surface area contributed by atoms with E-state index in [1.165, 1.54) is 0 Å². The largest absolute Gasteiger partial charge is 0.300 e. The van der Waals surface area contributed by atoms with E-state index in [0.717, 1.165) is 5.56 Å². The van der Waals surface area contributed by atoms with Gasteiger partial charge in [0, 0.05) is 6.42 Å². The van der Waals surface area contributed by atoms with Crippen molar-refractivity contribution < 1.29 is 9.28 Å². The molecule has 0 bridgehead atoms. The van der Waals surface area contributed by atoms with Crippen LogP contribution in [-0.4, -0.2) is 21.0 Å². The Morgan fingerprint density at radius 2 is 2.33 bits per heavy atom. The first kappa shape index (κ1) is 9.76. The van der Waals surface area contributed by atoms with E-state index in [0.29, 0.717) is 23.9 Å². The molecule has 2 aromatic rings. The van der Waals surface area contributed by atoms with Gasteiger partial charge < -0.3 is 4.79 Å². The van der Waals surface area contributed by atoms with Gasteiger partial charge in [0.15, 0.2) is 0 Å². The van der Waals surface area contributed by atoms with Crippen LogP contribution in [0.25, 0.3) is 11.0 Å². The third-order valence-corrected chi connectivity index (χ3v) is 2.24. The SMILES string of the molecule is CC(=O)CCc1ccc2c(c1)nnn2F. The molecule has 0 saturated heterocycles. The normalized spacial score (nSPS) is 10.8. The van der Waals surface area contributed by atoms with Crippen LogP contribution in [-0.2, 0) is 11.2 Å². The molecule has 78 valence electrons. The highest BCUT2D eigenvalue weighted by molar-refractivity contribution is 5.77. The number of benzene rings is 1. The number of hydrogen-bond acceptors (Lipinski definition) is 3. The minimum absolute atomic E-state index is 0.143. The molecule has 1 aromatic carbocycles. The Kier molecular flexibility index (Phi) is 2.45. The smallest absolute Gasteiger partial charge is 0.130 e. The number of fused-ring (bicyclic) bond motifs is 1. The number of ketones is 1. The van der Waals surface area contributed by atoms with Crippen LogP contribution < -0.4 is 0 Å². The van der Waals surface area contributed by atoms with E-state index >= 15 is 0 Å². The van der Waals surface area contributed by atoms with Gasteiger partial charge >= 0.3 is 0 Å². The Morgan fingerprint density at radius 3 is 3.07 bits per heavy atom. The number of aryl methyl sites for hydroxylation is 1. The fourth-order valence-corrected chi connectivity index (χ4v) is 1.42. The maximum atomic E-state index is 12.9. The van der Waals surface area contributed by atoms with Crippen LogP contribution in [0.3, 0.4) is 0 Å². The predicted molar refractivity (Wildman–Crippen MR) is 53.0 cm³/mol. The Morgan fingerprint density at radius 1 is 1.53 bits per heavy atom. The summed E-state index contributed by atoms with van der Waals surface area (Å²) in [4.78, 5) is 11.0. The number of carbonyl (C=O) groups is 1. The summed E-state index contributed by atoms with van der Waals surface area (Å²) in [5.41, 5.74) is 1.83. The Bertz CT molecular complexity index is 506. The van der Waals surface area contributed by atoms with Crippen molar-refractivity contribution in [2.24, 2.45) is 0 Å². The fourth-order valence-electron chi connectivity index (χ4n) is 1.42. The van der Waals surface area contributed by atoms with E-state index in [-0.39, 0.29) is 10.7 Å². The lowest BCUT2D eigenvalue weighted by atomic mass is 10.1. The number of nitrogens with zero attached hydrogens (tertiary/aromatic N) is 3. The monoisotopic (exact) mass is 207 g/mol. The molecule has 0 fully saturated rings. The fraction of sp³-hybridized carbons (Fsp3) is 0.300. The molecule has 0 aliphatic heterocycles. The molecule has 0 N–H and O–H groups in total. The topological polar surface area (TPSA) is 47.8 Å². The highest BCUT2D eigenvalue weighted by Crippen LogP contribution is 2.14. The summed E-state index contributed by atoms with van der Waals surface area (Å²) in [7, 11) is 0. The van der Waals surface area contributed by atoms with Crippen molar-refractivity contribution in [2.75, 3.05) is 0 Å². The van der Waals surface area contributed by atoms with E-state index in [9.17, 15) is 9.28 Å². The van der Waals surface area contributed by atoms with Gasteiger partial charge in [-0.25, -0.2) is 0 Å². The number of hydrogen-bond donors (Lipinski definition) is 0. The number of rotatable bonds is 3. The zero-order valence-electron chi connectivity index (χ0n) is 8.27. The van der Waals surface area contributed by atoms with Crippen molar-refractivity contribution in [2.45, 2.75) is 19.8 Å². The maximum absolute atomic E-state index is 12.9. The molecule has 0 atom stereocenters. The second-order valence-electron chi connectivity index (χ2n) is 3.47. The van der Waals surface area contributed by atoms with Crippen LogP contribution in [0.15, 0.2) is 18.2 Å². The molecule has 15 heavy (non-hydrogen) atoms. The molecular weight excluding hydrogens is 197 g/mol. The zero-order valence-corrected chi connectivity index (χ0v) is 8.27. The lowest BCUT2D eigenvalue weighted by Gasteiger charge is -1.98. The molecule has 2 rings (SSSR count). The van der Waals surface area contributed by atoms with E-state index in [4.69, 9.17) is 0 Å². The molecule has 1 heterocycles. The molecule has 4 nitrogen and oxygen atoms in total. The molecular formula is C10H10FN3O. The van der Waals surface area contributed by atoms with Crippen molar-refractivity contribution in [1.29, 1.82) is 0 Å². The maximum Gasteiger partial charge on any atom is 0.130 e. The molecule has 0 aliphatic rings. The van der Waals surface area contributed by atoms with Crippen molar-refractivity contribution in [3.8, 4) is 0 Å². The van der Waals surface area contributed by atoms with Crippen molar-refractivity contribution in [3.63, 3.8) is 0 Å². The van der Waals surface area contributed by atoms with Gasteiger partial charge in [-0.2, -0.15) is 0 Å². The predicted octanol–water partition coefficient (Wildman–Crippen LogP) is 1.69. The molecule has 5 heteroatoms. The van der Waals surface area contributed by atoms with E-state index in [2.05, 4.69) is 10.3 Å². The van der Waals surface area contributed by atoms with Gasteiger partial charge in [-0.1, -0.05) is 15.5 Å². The summed E-state index contributed by atoms with van der Waals surface area (Å²) in [5, 5.41) is 6.92. The van der Waals surface area contributed by atoms with Crippen LogP contribution in [0.2, 0.25) is 0 Å². The summed E-state index contributed by atoms with van der Waals surface area (Å²) in [5.74, 6) is 0.143. The first-order chi connectivity index (χ1) is 7.16. The van der Waals surface area contributed by atoms with E-state index < -0.39 is 0 Å². The number of carbonyl (C=O) groups excluding carboxylic acids is 1. The highest BCUT2D eigenvalue weighted by atomic mass is 19.2. The molecule has 0 spiro atoms. The first-order valence-electron chi connectivity index (χ1n) is 4.67. The quantitative estimate of drug-likeness (QED) is 0.769. The first-order valence-corrected chi connectivity index (χ1v) is 4.67. The lowest BCUT2D eigenvalue weighted by molar-refractivity contribution is -0.116. The van der Waals surface area contributed by atoms with Crippen LogP contribution >= 0.6 is 0 Å². The van der Waals surface area contributed by atoms with Gasteiger partial charge in [0.2, 0.25) is 0 Å². The minimum atomic E-state index is 0.143. The van der Waals surface area contributed by atoms with Crippen molar-refractivity contribution >= 4 is 16.8 Å². The summed E-state index contributed by atoms with van der Waals surface area (Å²) in [6.07, 6.45) is 1.15.